The quantitative estimate of drug-likeness (QED) is 0.622. The zero-order valence-corrected chi connectivity index (χ0v) is 14.4. The Labute approximate surface area is 142 Å². The zero-order valence-electron chi connectivity index (χ0n) is 13.6. The second-order valence-electron chi connectivity index (χ2n) is 5.14. The van der Waals surface area contributed by atoms with Crippen molar-refractivity contribution in [2.45, 2.75) is 13.8 Å². The Morgan fingerprint density at radius 2 is 1.70 bits per heavy atom. The molecule has 2 aromatic carbocycles. The van der Waals surface area contributed by atoms with Gasteiger partial charge in [-0.05, 0) is 37.1 Å². The molecule has 0 aromatic heterocycles. The zero-order chi connectivity index (χ0) is 16.8. The third kappa shape index (κ3) is 4.36. The molecule has 0 saturated carbocycles. The number of thiocarbonyl (C=S) groups is 1. The van der Waals surface area contributed by atoms with Crippen molar-refractivity contribution < 1.29 is 14.2 Å². The predicted octanol–water partition coefficient (Wildman–Crippen LogP) is 3.40. The summed E-state index contributed by atoms with van der Waals surface area (Å²) in [4.78, 5) is 0.290. The molecule has 5 heteroatoms. The van der Waals surface area contributed by atoms with Crippen LogP contribution in [-0.4, -0.2) is 25.3 Å². The molecule has 23 heavy (non-hydrogen) atoms. The van der Waals surface area contributed by atoms with Gasteiger partial charge in [0.15, 0.2) is 0 Å². The van der Waals surface area contributed by atoms with Crippen LogP contribution in [0.5, 0.6) is 17.2 Å². The maximum atomic E-state index is 5.83. The van der Waals surface area contributed by atoms with Crippen molar-refractivity contribution in [2.24, 2.45) is 5.73 Å². The molecule has 2 aromatic rings. The van der Waals surface area contributed by atoms with Crippen LogP contribution in [0.2, 0.25) is 0 Å². The molecule has 0 saturated heterocycles. The molecule has 0 aliphatic rings. The summed E-state index contributed by atoms with van der Waals surface area (Å²) in [6.07, 6.45) is 0. The summed E-state index contributed by atoms with van der Waals surface area (Å²) in [6, 6.07) is 11.4. The van der Waals surface area contributed by atoms with Gasteiger partial charge in [0.2, 0.25) is 0 Å². The van der Waals surface area contributed by atoms with E-state index in [9.17, 15) is 0 Å². The second-order valence-corrected chi connectivity index (χ2v) is 5.58. The average molecular weight is 331 g/mol. The summed E-state index contributed by atoms with van der Waals surface area (Å²) < 4.78 is 16.8. The normalized spacial score (nSPS) is 10.2. The molecule has 0 aliphatic carbocycles. The van der Waals surface area contributed by atoms with E-state index in [1.807, 2.05) is 32.0 Å². The van der Waals surface area contributed by atoms with Crippen molar-refractivity contribution in [3.8, 4) is 17.2 Å². The lowest BCUT2D eigenvalue weighted by Gasteiger charge is -2.14. The summed E-state index contributed by atoms with van der Waals surface area (Å²) in [5.74, 6) is 2.19. The molecule has 0 aliphatic heterocycles. The smallest absolute Gasteiger partial charge is 0.133 e. The van der Waals surface area contributed by atoms with Crippen molar-refractivity contribution in [2.75, 3.05) is 20.3 Å². The van der Waals surface area contributed by atoms with Gasteiger partial charge in [-0.25, -0.2) is 0 Å². The molecule has 4 nitrogen and oxygen atoms in total. The van der Waals surface area contributed by atoms with Crippen molar-refractivity contribution >= 4 is 17.2 Å². The molecule has 2 N–H and O–H groups in total. The van der Waals surface area contributed by atoms with Gasteiger partial charge in [-0.1, -0.05) is 30.4 Å². The number of nitrogens with two attached hydrogens (primary N) is 1. The van der Waals surface area contributed by atoms with Gasteiger partial charge in [0.25, 0.3) is 0 Å². The summed E-state index contributed by atoms with van der Waals surface area (Å²) >= 11 is 5.04. The maximum absolute atomic E-state index is 5.83. The molecule has 0 unspecified atom stereocenters. The van der Waals surface area contributed by atoms with E-state index in [1.165, 1.54) is 0 Å². The number of benzene rings is 2. The van der Waals surface area contributed by atoms with Crippen molar-refractivity contribution in [3.05, 3.63) is 53.1 Å². The third-order valence-corrected chi connectivity index (χ3v) is 3.67. The highest BCUT2D eigenvalue weighted by atomic mass is 32.1. The average Bonchev–Trinajstić information content (AvgIpc) is 2.53. The fraction of sp³-hybridized carbons (Fsp3) is 0.278. The Kier molecular flexibility index (Phi) is 5.82. The van der Waals surface area contributed by atoms with Crippen LogP contribution in [0.15, 0.2) is 36.4 Å². The summed E-state index contributed by atoms with van der Waals surface area (Å²) in [5.41, 5.74) is 8.62. The van der Waals surface area contributed by atoms with Crippen LogP contribution in [0.3, 0.4) is 0 Å². The van der Waals surface area contributed by atoms with E-state index in [0.29, 0.717) is 35.3 Å². The first kappa shape index (κ1) is 17.1. The van der Waals surface area contributed by atoms with Gasteiger partial charge in [-0.2, -0.15) is 0 Å². The Morgan fingerprint density at radius 3 is 2.30 bits per heavy atom. The van der Waals surface area contributed by atoms with E-state index >= 15 is 0 Å². The van der Waals surface area contributed by atoms with Crippen molar-refractivity contribution in [3.63, 3.8) is 0 Å². The van der Waals surface area contributed by atoms with Crippen LogP contribution < -0.4 is 19.9 Å². The number of ether oxygens (including phenoxy) is 3. The highest BCUT2D eigenvalue weighted by Gasteiger charge is 2.09. The third-order valence-electron chi connectivity index (χ3n) is 3.45. The van der Waals surface area contributed by atoms with Gasteiger partial charge >= 0.3 is 0 Å². The molecule has 0 heterocycles. The Bertz CT molecular complexity index is 680. The fourth-order valence-corrected chi connectivity index (χ4v) is 2.44. The second kappa shape index (κ2) is 7.83. The highest BCUT2D eigenvalue weighted by molar-refractivity contribution is 7.80. The SMILES string of the molecule is COc1ccc(C(N)=S)c(OCCOc2c(C)cccc2C)c1. The molecule has 0 radical (unpaired) electrons. The van der Waals surface area contributed by atoms with E-state index < -0.39 is 0 Å². The summed E-state index contributed by atoms with van der Waals surface area (Å²) in [6.45, 7) is 4.86. The number of aryl methyl sites for hydroxylation is 2. The van der Waals surface area contributed by atoms with Crippen molar-refractivity contribution in [1.82, 2.24) is 0 Å². The molecule has 0 spiro atoms. The van der Waals surface area contributed by atoms with Crippen LogP contribution in [0.1, 0.15) is 16.7 Å². The van der Waals surface area contributed by atoms with Crippen LogP contribution >= 0.6 is 12.2 Å². The van der Waals surface area contributed by atoms with Gasteiger partial charge in [-0.3, -0.25) is 0 Å². The summed E-state index contributed by atoms with van der Waals surface area (Å²) in [5, 5.41) is 0. The minimum absolute atomic E-state index is 0.290. The molecule has 0 amide bonds. The van der Waals surface area contributed by atoms with Gasteiger partial charge < -0.3 is 19.9 Å². The highest BCUT2D eigenvalue weighted by Crippen LogP contribution is 2.25. The lowest BCUT2D eigenvalue weighted by Crippen LogP contribution is -2.15. The van der Waals surface area contributed by atoms with Gasteiger partial charge in [0, 0.05) is 6.07 Å². The van der Waals surface area contributed by atoms with E-state index in [-0.39, 0.29) is 0 Å². The number of hydrogen-bond donors (Lipinski definition) is 1. The maximum Gasteiger partial charge on any atom is 0.133 e. The van der Waals surface area contributed by atoms with Gasteiger partial charge in [0.1, 0.15) is 35.5 Å². The van der Waals surface area contributed by atoms with E-state index in [2.05, 4.69) is 0 Å². The molecular weight excluding hydrogens is 310 g/mol. The lowest BCUT2D eigenvalue weighted by molar-refractivity contribution is 0.215. The van der Waals surface area contributed by atoms with Crippen LogP contribution in [0.4, 0.5) is 0 Å². The lowest BCUT2D eigenvalue weighted by atomic mass is 10.1. The first-order chi connectivity index (χ1) is 11.0. The number of hydrogen-bond acceptors (Lipinski definition) is 4. The molecule has 0 fully saturated rings. The largest absolute Gasteiger partial charge is 0.497 e. The molecule has 2 rings (SSSR count). The van der Waals surface area contributed by atoms with E-state index in [1.54, 1.807) is 25.3 Å². The molecule has 0 atom stereocenters. The number of rotatable bonds is 7. The van der Waals surface area contributed by atoms with E-state index in [0.717, 1.165) is 16.9 Å². The van der Waals surface area contributed by atoms with Gasteiger partial charge in [0.05, 0.1) is 12.7 Å². The first-order valence-electron chi connectivity index (χ1n) is 7.32. The Hall–Kier alpha value is -2.27. The standard InChI is InChI=1S/C18H21NO3S/c1-12-5-4-6-13(2)17(12)22-10-9-21-16-11-14(20-3)7-8-15(16)18(19)23/h4-8,11H,9-10H2,1-3H3,(H2,19,23). The van der Waals surface area contributed by atoms with Crippen LogP contribution in [0.25, 0.3) is 0 Å². The predicted molar refractivity (Wildman–Crippen MR) is 95.8 cm³/mol. The molecule has 122 valence electrons. The fourth-order valence-electron chi connectivity index (χ4n) is 2.27. The van der Waals surface area contributed by atoms with Crippen molar-refractivity contribution in [1.29, 1.82) is 0 Å². The Balaban J connectivity index is 2.00. The topological polar surface area (TPSA) is 53.7 Å². The molecular formula is C18H21NO3S. The van der Waals surface area contributed by atoms with Crippen LogP contribution in [-0.2, 0) is 0 Å². The van der Waals surface area contributed by atoms with Gasteiger partial charge in [-0.15, -0.1) is 0 Å². The monoisotopic (exact) mass is 331 g/mol. The minimum atomic E-state index is 0.290. The number of methoxy groups -OCH3 is 1. The minimum Gasteiger partial charge on any atom is -0.497 e. The summed E-state index contributed by atoms with van der Waals surface area (Å²) in [7, 11) is 1.60. The van der Waals surface area contributed by atoms with E-state index in [4.69, 9.17) is 32.2 Å². The Morgan fingerprint density at radius 1 is 1.04 bits per heavy atom. The molecule has 0 bridgehead atoms. The number of para-hydroxylation sites is 1. The van der Waals surface area contributed by atoms with Crippen LogP contribution in [0, 0.1) is 13.8 Å². The first-order valence-corrected chi connectivity index (χ1v) is 7.73.